The van der Waals surface area contributed by atoms with E-state index in [0.29, 0.717) is 0 Å². The van der Waals surface area contributed by atoms with Gasteiger partial charge in [-0.05, 0) is 12.1 Å². The van der Waals surface area contributed by atoms with Crippen LogP contribution in [0.25, 0.3) is 0 Å². The Morgan fingerprint density at radius 2 is 2.15 bits per heavy atom. The van der Waals surface area contributed by atoms with Crippen LogP contribution >= 0.6 is 11.8 Å². The molecule has 1 fully saturated rings. The summed E-state index contributed by atoms with van der Waals surface area (Å²) in [4.78, 5) is 27.5. The molecule has 2 rings (SSSR count). The SMILES string of the molecule is CC(=O)SC1CC(=O)N(c2cccc(C(F)(F)F)n2)C1. The minimum atomic E-state index is -4.55. The van der Waals surface area contributed by atoms with Crippen LogP contribution in [0, 0.1) is 0 Å². The first-order valence-corrected chi connectivity index (χ1v) is 6.67. The highest BCUT2D eigenvalue weighted by Crippen LogP contribution is 2.31. The van der Waals surface area contributed by atoms with E-state index in [9.17, 15) is 22.8 Å². The van der Waals surface area contributed by atoms with Gasteiger partial charge in [-0.15, -0.1) is 0 Å². The van der Waals surface area contributed by atoms with Crippen LogP contribution < -0.4 is 4.90 Å². The van der Waals surface area contributed by atoms with Gasteiger partial charge in [-0.1, -0.05) is 17.8 Å². The van der Waals surface area contributed by atoms with Crippen LogP contribution in [0.3, 0.4) is 0 Å². The number of nitrogens with zero attached hydrogens (tertiary/aromatic N) is 2. The Balaban J connectivity index is 2.20. The predicted octanol–water partition coefficient (Wildman–Crippen LogP) is 2.49. The van der Waals surface area contributed by atoms with E-state index < -0.39 is 11.9 Å². The molecule has 1 aromatic heterocycles. The van der Waals surface area contributed by atoms with Crippen LogP contribution in [0.4, 0.5) is 19.0 Å². The van der Waals surface area contributed by atoms with Gasteiger partial charge in [0, 0.05) is 25.1 Å². The van der Waals surface area contributed by atoms with Crippen LogP contribution in [-0.2, 0) is 15.8 Å². The van der Waals surface area contributed by atoms with Crippen LogP contribution in [0.5, 0.6) is 0 Å². The maximum absolute atomic E-state index is 12.6. The Kier molecular flexibility index (Phi) is 4.03. The van der Waals surface area contributed by atoms with E-state index in [0.717, 1.165) is 17.8 Å². The first-order chi connectivity index (χ1) is 9.27. The Bertz CT molecular complexity index is 548. The zero-order chi connectivity index (χ0) is 14.9. The standard InChI is InChI=1S/C12H11F3N2O2S/c1-7(18)20-8-5-11(19)17(6-8)10-4-2-3-9(16-10)12(13,14)15/h2-4,8H,5-6H2,1H3. The Morgan fingerprint density at radius 1 is 1.45 bits per heavy atom. The normalized spacial score (nSPS) is 19.5. The van der Waals surface area contributed by atoms with Crippen molar-refractivity contribution in [3.05, 3.63) is 23.9 Å². The maximum atomic E-state index is 12.6. The molecule has 0 N–H and O–H groups in total. The highest BCUT2D eigenvalue weighted by molar-refractivity contribution is 8.14. The Hall–Kier alpha value is -1.57. The average Bonchev–Trinajstić information content (AvgIpc) is 2.68. The smallest absolute Gasteiger partial charge is 0.296 e. The van der Waals surface area contributed by atoms with Crippen molar-refractivity contribution in [2.24, 2.45) is 0 Å². The number of pyridine rings is 1. The number of rotatable bonds is 2. The van der Waals surface area contributed by atoms with Crippen LogP contribution in [0.1, 0.15) is 19.0 Å². The van der Waals surface area contributed by atoms with Gasteiger partial charge in [-0.25, -0.2) is 4.98 Å². The molecule has 1 unspecified atom stereocenters. The molecule has 1 aliphatic rings. The summed E-state index contributed by atoms with van der Waals surface area (Å²) in [7, 11) is 0. The number of hydrogen-bond acceptors (Lipinski definition) is 4. The quantitative estimate of drug-likeness (QED) is 0.842. The molecule has 8 heteroatoms. The zero-order valence-corrected chi connectivity index (χ0v) is 11.3. The summed E-state index contributed by atoms with van der Waals surface area (Å²) in [6.07, 6.45) is -4.42. The number of amides is 1. The van der Waals surface area contributed by atoms with E-state index in [1.807, 2.05) is 0 Å². The molecular weight excluding hydrogens is 293 g/mol. The van der Waals surface area contributed by atoms with E-state index in [1.54, 1.807) is 0 Å². The van der Waals surface area contributed by atoms with Gasteiger partial charge in [0.25, 0.3) is 0 Å². The molecule has 0 radical (unpaired) electrons. The number of hydrogen-bond donors (Lipinski definition) is 0. The van der Waals surface area contributed by atoms with E-state index in [1.165, 1.54) is 24.0 Å². The molecule has 0 aliphatic carbocycles. The topological polar surface area (TPSA) is 50.3 Å². The van der Waals surface area contributed by atoms with E-state index in [2.05, 4.69) is 4.98 Å². The highest BCUT2D eigenvalue weighted by Gasteiger charge is 2.36. The second kappa shape index (κ2) is 5.43. The number of thioether (sulfide) groups is 1. The third-order valence-electron chi connectivity index (χ3n) is 2.72. The molecule has 20 heavy (non-hydrogen) atoms. The molecule has 108 valence electrons. The fourth-order valence-corrected chi connectivity index (χ4v) is 2.86. The number of halogens is 3. The summed E-state index contributed by atoms with van der Waals surface area (Å²) in [6, 6.07) is 3.42. The second-order valence-corrected chi connectivity index (χ2v) is 5.80. The van der Waals surface area contributed by atoms with Gasteiger partial charge in [-0.2, -0.15) is 13.2 Å². The lowest BCUT2D eigenvalue weighted by Gasteiger charge is -2.16. The Morgan fingerprint density at radius 3 is 2.75 bits per heavy atom. The summed E-state index contributed by atoms with van der Waals surface area (Å²) < 4.78 is 37.8. The lowest BCUT2D eigenvalue weighted by atomic mass is 10.3. The molecule has 0 bridgehead atoms. The van der Waals surface area contributed by atoms with Gasteiger partial charge in [-0.3, -0.25) is 14.5 Å². The van der Waals surface area contributed by atoms with E-state index >= 15 is 0 Å². The van der Waals surface area contributed by atoms with Crippen LogP contribution in [0.2, 0.25) is 0 Å². The van der Waals surface area contributed by atoms with Crippen molar-refractivity contribution in [1.82, 2.24) is 4.98 Å². The van der Waals surface area contributed by atoms with Crippen molar-refractivity contribution in [2.45, 2.75) is 24.8 Å². The molecular formula is C12H11F3N2O2S. The van der Waals surface area contributed by atoms with Crippen LogP contribution in [0.15, 0.2) is 18.2 Å². The second-order valence-electron chi connectivity index (χ2n) is 4.32. The summed E-state index contributed by atoms with van der Waals surface area (Å²) in [6.45, 7) is 1.58. The molecule has 0 aromatic carbocycles. The largest absolute Gasteiger partial charge is 0.433 e. The molecule has 1 saturated heterocycles. The molecule has 0 saturated carbocycles. The third kappa shape index (κ3) is 3.30. The Labute approximate surface area is 117 Å². The fraction of sp³-hybridized carbons (Fsp3) is 0.417. The van der Waals surface area contributed by atoms with E-state index in [-0.39, 0.29) is 35.1 Å². The number of aromatic nitrogens is 1. The van der Waals surface area contributed by atoms with Crippen molar-refractivity contribution in [1.29, 1.82) is 0 Å². The summed E-state index contributed by atoms with van der Waals surface area (Å²) in [5, 5.41) is -0.363. The minimum absolute atomic E-state index is 0.0310. The molecule has 0 spiro atoms. The lowest BCUT2D eigenvalue weighted by molar-refractivity contribution is -0.141. The molecule has 4 nitrogen and oxygen atoms in total. The molecule has 2 heterocycles. The van der Waals surface area contributed by atoms with Crippen molar-refractivity contribution in [3.8, 4) is 0 Å². The molecule has 1 aliphatic heterocycles. The van der Waals surface area contributed by atoms with Gasteiger partial charge in [0.05, 0.1) is 0 Å². The summed E-state index contributed by atoms with van der Waals surface area (Å²) in [5.41, 5.74) is -1.04. The van der Waals surface area contributed by atoms with Crippen molar-refractivity contribution < 1.29 is 22.8 Å². The van der Waals surface area contributed by atoms with Gasteiger partial charge in [0.2, 0.25) is 5.91 Å². The predicted molar refractivity (Wildman–Crippen MR) is 68.3 cm³/mol. The average molecular weight is 304 g/mol. The third-order valence-corrected chi connectivity index (χ3v) is 3.70. The monoisotopic (exact) mass is 304 g/mol. The first kappa shape index (κ1) is 14.8. The summed E-state index contributed by atoms with van der Waals surface area (Å²) in [5.74, 6) is -0.355. The van der Waals surface area contributed by atoms with E-state index in [4.69, 9.17) is 0 Å². The van der Waals surface area contributed by atoms with Crippen LogP contribution in [-0.4, -0.2) is 27.8 Å². The molecule has 1 aromatic rings. The number of anilines is 1. The molecule has 1 atom stereocenters. The summed E-state index contributed by atoms with van der Waals surface area (Å²) >= 11 is 1.02. The van der Waals surface area contributed by atoms with Gasteiger partial charge >= 0.3 is 6.18 Å². The van der Waals surface area contributed by atoms with Gasteiger partial charge < -0.3 is 0 Å². The van der Waals surface area contributed by atoms with Crippen molar-refractivity contribution in [2.75, 3.05) is 11.4 Å². The lowest BCUT2D eigenvalue weighted by Crippen LogP contribution is -2.26. The van der Waals surface area contributed by atoms with Gasteiger partial charge in [0.15, 0.2) is 5.12 Å². The number of carbonyl (C=O) groups excluding carboxylic acids is 2. The van der Waals surface area contributed by atoms with Crippen molar-refractivity contribution in [3.63, 3.8) is 0 Å². The maximum Gasteiger partial charge on any atom is 0.433 e. The minimum Gasteiger partial charge on any atom is -0.296 e. The van der Waals surface area contributed by atoms with Crippen molar-refractivity contribution >= 4 is 28.6 Å². The highest BCUT2D eigenvalue weighted by atomic mass is 32.2. The number of carbonyl (C=O) groups is 2. The fourth-order valence-electron chi connectivity index (χ4n) is 1.94. The first-order valence-electron chi connectivity index (χ1n) is 5.79. The molecule has 1 amide bonds. The van der Waals surface area contributed by atoms with Gasteiger partial charge in [0.1, 0.15) is 11.5 Å². The zero-order valence-electron chi connectivity index (χ0n) is 10.5. The number of alkyl halides is 3.